The Morgan fingerprint density at radius 3 is 2.85 bits per heavy atom. The lowest BCUT2D eigenvalue weighted by molar-refractivity contribution is -0.115. The number of halogens is 2. The Bertz CT molecular complexity index is 653. The molecule has 102 valence electrons. The van der Waals surface area contributed by atoms with Crippen molar-refractivity contribution < 1.29 is 4.79 Å². The summed E-state index contributed by atoms with van der Waals surface area (Å²) < 4.78 is 0. The van der Waals surface area contributed by atoms with E-state index in [9.17, 15) is 4.79 Å². The normalized spacial score (nSPS) is 18.6. The first-order valence-corrected chi connectivity index (χ1v) is 7.62. The second kappa shape index (κ2) is 5.60. The van der Waals surface area contributed by atoms with Crippen LogP contribution in [0.2, 0.25) is 10.0 Å². The van der Waals surface area contributed by atoms with E-state index < -0.39 is 0 Å². The minimum atomic E-state index is -0.205. The number of hydrogen-bond donors (Lipinski definition) is 0. The van der Waals surface area contributed by atoms with Gasteiger partial charge in [-0.2, -0.15) is 0 Å². The van der Waals surface area contributed by atoms with Gasteiger partial charge in [0.05, 0.1) is 11.9 Å². The minimum absolute atomic E-state index is 0.00785. The van der Waals surface area contributed by atoms with Crippen molar-refractivity contribution in [2.24, 2.45) is 0 Å². The number of carbonyl (C=O) groups is 1. The van der Waals surface area contributed by atoms with Gasteiger partial charge in [-0.3, -0.25) is 14.7 Å². The first-order valence-electron chi connectivity index (χ1n) is 5.81. The molecule has 2 aromatic rings. The second-order valence-electron chi connectivity index (χ2n) is 4.16. The van der Waals surface area contributed by atoms with E-state index in [0.717, 1.165) is 5.56 Å². The Morgan fingerprint density at radius 1 is 1.30 bits per heavy atom. The number of aromatic nitrogens is 2. The van der Waals surface area contributed by atoms with Crippen molar-refractivity contribution in [3.8, 4) is 0 Å². The first kappa shape index (κ1) is 13.7. The number of nitrogens with zero attached hydrogens (tertiary/aromatic N) is 3. The van der Waals surface area contributed by atoms with Crippen molar-refractivity contribution in [2.45, 2.75) is 5.37 Å². The summed E-state index contributed by atoms with van der Waals surface area (Å²) in [6.07, 6.45) is 4.70. The van der Waals surface area contributed by atoms with Crippen LogP contribution in [0.1, 0.15) is 10.9 Å². The first-order chi connectivity index (χ1) is 9.66. The Kier molecular flexibility index (Phi) is 3.83. The third-order valence-corrected chi connectivity index (χ3v) is 4.65. The Labute approximate surface area is 130 Å². The molecule has 1 unspecified atom stereocenters. The van der Waals surface area contributed by atoms with E-state index in [2.05, 4.69) is 9.97 Å². The quantitative estimate of drug-likeness (QED) is 0.846. The van der Waals surface area contributed by atoms with Crippen LogP contribution in [0.5, 0.6) is 0 Å². The average Bonchev–Trinajstić information content (AvgIpc) is 2.81. The molecule has 3 rings (SSSR count). The topological polar surface area (TPSA) is 46.1 Å². The van der Waals surface area contributed by atoms with Gasteiger partial charge in [0.25, 0.3) is 0 Å². The fraction of sp³-hybridized carbons (Fsp3) is 0.154. The summed E-state index contributed by atoms with van der Waals surface area (Å²) in [4.78, 5) is 21.9. The molecule has 1 aromatic heterocycles. The third-order valence-electron chi connectivity index (χ3n) is 2.89. The highest BCUT2D eigenvalue weighted by molar-refractivity contribution is 8.00. The van der Waals surface area contributed by atoms with Gasteiger partial charge in [-0.05, 0) is 12.1 Å². The molecule has 0 spiro atoms. The number of benzene rings is 1. The molecular formula is C13H9Cl2N3OS. The van der Waals surface area contributed by atoms with E-state index in [-0.39, 0.29) is 11.3 Å². The molecule has 1 atom stereocenters. The van der Waals surface area contributed by atoms with Crippen molar-refractivity contribution in [3.63, 3.8) is 0 Å². The molecule has 1 amide bonds. The highest BCUT2D eigenvalue weighted by Crippen LogP contribution is 2.43. The predicted molar refractivity (Wildman–Crippen MR) is 81.2 cm³/mol. The highest BCUT2D eigenvalue weighted by Gasteiger charge is 2.36. The fourth-order valence-corrected chi connectivity index (χ4v) is 3.80. The van der Waals surface area contributed by atoms with Crippen LogP contribution in [0.15, 0.2) is 36.8 Å². The van der Waals surface area contributed by atoms with E-state index in [1.54, 1.807) is 35.6 Å². The van der Waals surface area contributed by atoms with Crippen LogP contribution in [0, 0.1) is 0 Å². The third kappa shape index (κ3) is 2.49. The van der Waals surface area contributed by atoms with Gasteiger partial charge < -0.3 is 0 Å². The smallest absolute Gasteiger partial charge is 0.239 e. The molecule has 0 saturated carbocycles. The number of rotatable bonds is 2. The van der Waals surface area contributed by atoms with E-state index in [1.807, 2.05) is 6.07 Å². The Morgan fingerprint density at radius 2 is 2.15 bits per heavy atom. The van der Waals surface area contributed by atoms with Crippen LogP contribution in [0.25, 0.3) is 0 Å². The largest absolute Gasteiger partial charge is 0.278 e. The molecule has 2 heterocycles. The fourth-order valence-electron chi connectivity index (χ4n) is 2.02. The Hall–Kier alpha value is -1.30. The zero-order valence-electron chi connectivity index (χ0n) is 10.2. The van der Waals surface area contributed by atoms with Crippen LogP contribution in [0.3, 0.4) is 0 Å². The maximum absolute atomic E-state index is 12.1. The maximum atomic E-state index is 12.1. The summed E-state index contributed by atoms with van der Waals surface area (Å²) in [7, 11) is 0. The predicted octanol–water partition coefficient (Wildman–Crippen LogP) is 3.56. The number of hydrogen-bond acceptors (Lipinski definition) is 4. The summed E-state index contributed by atoms with van der Waals surface area (Å²) in [6, 6.07) is 5.28. The maximum Gasteiger partial charge on any atom is 0.239 e. The summed E-state index contributed by atoms with van der Waals surface area (Å²) in [5, 5.41) is 0.904. The van der Waals surface area contributed by atoms with Gasteiger partial charge in [0.1, 0.15) is 5.37 Å². The lowest BCUT2D eigenvalue weighted by Crippen LogP contribution is -2.28. The van der Waals surface area contributed by atoms with Gasteiger partial charge in [0.15, 0.2) is 5.82 Å². The molecular weight excluding hydrogens is 317 g/mol. The van der Waals surface area contributed by atoms with Crippen molar-refractivity contribution in [3.05, 3.63) is 52.4 Å². The van der Waals surface area contributed by atoms with Crippen molar-refractivity contribution in [1.29, 1.82) is 0 Å². The van der Waals surface area contributed by atoms with Gasteiger partial charge in [-0.1, -0.05) is 29.3 Å². The number of thioether (sulfide) groups is 1. The van der Waals surface area contributed by atoms with Gasteiger partial charge >= 0.3 is 0 Å². The molecule has 4 nitrogen and oxygen atoms in total. The van der Waals surface area contributed by atoms with E-state index in [4.69, 9.17) is 23.2 Å². The molecule has 1 fully saturated rings. The molecule has 1 aliphatic rings. The molecule has 1 aromatic carbocycles. The summed E-state index contributed by atoms with van der Waals surface area (Å²) in [5.74, 6) is 0.908. The molecule has 1 aliphatic heterocycles. The SMILES string of the molecule is O=C1CSC(c2ccc(Cl)cc2Cl)N1c1cnccn1. The van der Waals surface area contributed by atoms with E-state index in [0.29, 0.717) is 21.6 Å². The van der Waals surface area contributed by atoms with Gasteiger partial charge in [-0.15, -0.1) is 11.8 Å². The number of carbonyl (C=O) groups excluding carboxylic acids is 1. The standard InChI is InChI=1S/C13H9Cl2N3OS/c14-8-1-2-9(10(15)5-8)13-18(12(19)7-20-13)11-6-16-3-4-17-11/h1-6,13H,7H2. The lowest BCUT2D eigenvalue weighted by Gasteiger charge is -2.23. The Balaban J connectivity index is 2.02. The highest BCUT2D eigenvalue weighted by atomic mass is 35.5. The summed E-state index contributed by atoms with van der Waals surface area (Å²) >= 11 is 13.7. The molecule has 0 aliphatic carbocycles. The van der Waals surface area contributed by atoms with Crippen molar-refractivity contribution in [1.82, 2.24) is 9.97 Å². The molecule has 20 heavy (non-hydrogen) atoms. The van der Waals surface area contributed by atoms with Crippen molar-refractivity contribution in [2.75, 3.05) is 10.7 Å². The number of amides is 1. The minimum Gasteiger partial charge on any atom is -0.278 e. The van der Waals surface area contributed by atoms with Crippen LogP contribution < -0.4 is 4.90 Å². The van der Waals surface area contributed by atoms with Crippen LogP contribution in [-0.4, -0.2) is 21.6 Å². The zero-order chi connectivity index (χ0) is 14.1. The molecule has 0 bridgehead atoms. The monoisotopic (exact) mass is 325 g/mol. The van der Waals surface area contributed by atoms with Gasteiger partial charge in [0.2, 0.25) is 5.91 Å². The van der Waals surface area contributed by atoms with Crippen LogP contribution in [0.4, 0.5) is 5.82 Å². The van der Waals surface area contributed by atoms with E-state index in [1.165, 1.54) is 11.8 Å². The summed E-state index contributed by atoms with van der Waals surface area (Å²) in [6.45, 7) is 0. The molecule has 7 heteroatoms. The van der Waals surface area contributed by atoms with Gasteiger partial charge in [0, 0.05) is 28.0 Å². The van der Waals surface area contributed by atoms with Crippen LogP contribution in [-0.2, 0) is 4.79 Å². The molecule has 0 radical (unpaired) electrons. The van der Waals surface area contributed by atoms with Crippen molar-refractivity contribution >= 4 is 46.7 Å². The number of anilines is 1. The zero-order valence-corrected chi connectivity index (χ0v) is 12.5. The van der Waals surface area contributed by atoms with E-state index >= 15 is 0 Å². The molecule has 1 saturated heterocycles. The summed E-state index contributed by atoms with van der Waals surface area (Å²) in [5.41, 5.74) is 0.845. The average molecular weight is 326 g/mol. The lowest BCUT2D eigenvalue weighted by atomic mass is 10.2. The van der Waals surface area contributed by atoms with Crippen LogP contribution >= 0.6 is 35.0 Å². The molecule has 0 N–H and O–H groups in total. The second-order valence-corrected chi connectivity index (χ2v) is 6.07. The van der Waals surface area contributed by atoms with Gasteiger partial charge in [-0.25, -0.2) is 4.98 Å².